The number of rotatable bonds is 5. The molecule has 0 aliphatic carbocycles. The van der Waals surface area contributed by atoms with Crippen LogP contribution in [-0.4, -0.2) is 30.1 Å². The third-order valence-electron chi connectivity index (χ3n) is 4.83. The minimum atomic E-state index is -0.150. The second-order valence-electron chi connectivity index (χ2n) is 6.91. The molecule has 0 saturated carbocycles. The maximum absolute atomic E-state index is 12.6. The molecule has 5 rings (SSSR count). The fourth-order valence-corrected chi connectivity index (χ4v) is 3.26. The molecule has 0 unspecified atom stereocenters. The van der Waals surface area contributed by atoms with E-state index in [0.717, 1.165) is 28.2 Å². The van der Waals surface area contributed by atoms with E-state index in [9.17, 15) is 4.79 Å². The summed E-state index contributed by atoms with van der Waals surface area (Å²) in [5.74, 6) is -0.150. The Morgan fingerprint density at radius 1 is 0.967 bits per heavy atom. The highest BCUT2D eigenvalue weighted by Crippen LogP contribution is 2.21. The number of imidazole rings is 1. The molecule has 0 atom stereocenters. The molecular weight excluding hydrogens is 376 g/mol. The quantitative estimate of drug-likeness (QED) is 0.491. The molecule has 3 aromatic heterocycles. The van der Waals surface area contributed by atoms with E-state index < -0.39 is 0 Å². The maximum Gasteiger partial charge on any atom is 0.255 e. The summed E-state index contributed by atoms with van der Waals surface area (Å²) in [6, 6.07) is 21.1. The number of carbonyl (C=O) groups is 1. The Balaban J connectivity index is 1.26. The lowest BCUT2D eigenvalue weighted by atomic mass is 10.1. The van der Waals surface area contributed by atoms with Crippen molar-refractivity contribution in [2.24, 2.45) is 0 Å². The van der Waals surface area contributed by atoms with E-state index in [4.69, 9.17) is 0 Å². The van der Waals surface area contributed by atoms with Crippen LogP contribution < -0.4 is 5.32 Å². The molecule has 0 aliphatic rings. The number of nitrogens with one attached hydrogen (secondary N) is 1. The van der Waals surface area contributed by atoms with Gasteiger partial charge in [-0.15, -0.1) is 0 Å². The molecule has 0 fully saturated rings. The van der Waals surface area contributed by atoms with Gasteiger partial charge in [0.15, 0.2) is 0 Å². The first-order valence-electron chi connectivity index (χ1n) is 9.51. The van der Waals surface area contributed by atoms with Gasteiger partial charge in [0.2, 0.25) is 0 Å². The summed E-state index contributed by atoms with van der Waals surface area (Å²) in [6.45, 7) is 0.617. The lowest BCUT2D eigenvalue weighted by molar-refractivity contribution is 0.102. The molecule has 30 heavy (non-hydrogen) atoms. The number of hydrogen-bond acceptors (Lipinski definition) is 4. The smallest absolute Gasteiger partial charge is 0.255 e. The Morgan fingerprint density at radius 3 is 2.53 bits per heavy atom. The van der Waals surface area contributed by atoms with Crippen molar-refractivity contribution >= 4 is 17.2 Å². The van der Waals surface area contributed by atoms with E-state index in [1.807, 2.05) is 83.5 Å². The molecule has 5 aromatic rings. The van der Waals surface area contributed by atoms with Gasteiger partial charge in [-0.05, 0) is 42.0 Å². The SMILES string of the molecule is O=C(Nc1ccc(-c2cn3ccccc3n2)cc1)c1ccc(Cn2cncn2)cc1. The minimum absolute atomic E-state index is 0.150. The number of anilines is 1. The van der Waals surface area contributed by atoms with Crippen LogP contribution in [0.25, 0.3) is 16.9 Å². The maximum atomic E-state index is 12.6. The normalized spacial score (nSPS) is 10.9. The van der Waals surface area contributed by atoms with Crippen molar-refractivity contribution in [3.63, 3.8) is 0 Å². The van der Waals surface area contributed by atoms with Crippen molar-refractivity contribution in [3.8, 4) is 11.3 Å². The molecule has 3 heterocycles. The topological polar surface area (TPSA) is 77.1 Å². The molecule has 146 valence electrons. The number of carbonyl (C=O) groups excluding carboxylic acids is 1. The molecule has 0 saturated heterocycles. The first-order chi connectivity index (χ1) is 14.7. The van der Waals surface area contributed by atoms with Crippen LogP contribution in [0.5, 0.6) is 0 Å². The number of pyridine rings is 1. The van der Waals surface area contributed by atoms with Gasteiger partial charge in [0.05, 0.1) is 12.2 Å². The van der Waals surface area contributed by atoms with Gasteiger partial charge in [0.25, 0.3) is 5.91 Å². The number of hydrogen-bond donors (Lipinski definition) is 1. The first-order valence-corrected chi connectivity index (χ1v) is 9.51. The van der Waals surface area contributed by atoms with Crippen molar-refractivity contribution < 1.29 is 4.79 Å². The summed E-state index contributed by atoms with van der Waals surface area (Å²) < 4.78 is 3.72. The monoisotopic (exact) mass is 394 g/mol. The Morgan fingerprint density at radius 2 is 1.80 bits per heavy atom. The summed E-state index contributed by atoms with van der Waals surface area (Å²) in [6.07, 6.45) is 7.13. The predicted octanol–water partition coefficient (Wildman–Crippen LogP) is 3.89. The fourth-order valence-electron chi connectivity index (χ4n) is 3.26. The van der Waals surface area contributed by atoms with Gasteiger partial charge in [-0.1, -0.05) is 30.3 Å². The Bertz CT molecular complexity index is 1260. The van der Waals surface area contributed by atoms with Gasteiger partial charge in [-0.2, -0.15) is 5.10 Å². The summed E-state index contributed by atoms with van der Waals surface area (Å²) in [4.78, 5) is 21.1. The second kappa shape index (κ2) is 7.63. The summed E-state index contributed by atoms with van der Waals surface area (Å²) in [5, 5.41) is 7.02. The van der Waals surface area contributed by atoms with E-state index in [0.29, 0.717) is 12.1 Å². The highest BCUT2D eigenvalue weighted by atomic mass is 16.1. The van der Waals surface area contributed by atoms with Gasteiger partial charge >= 0.3 is 0 Å². The first kappa shape index (κ1) is 17.8. The zero-order valence-electron chi connectivity index (χ0n) is 16.0. The van der Waals surface area contributed by atoms with Gasteiger partial charge in [-0.25, -0.2) is 14.6 Å². The van der Waals surface area contributed by atoms with Crippen LogP contribution in [0.2, 0.25) is 0 Å². The number of benzene rings is 2. The van der Waals surface area contributed by atoms with Gasteiger partial charge in [-0.3, -0.25) is 4.79 Å². The van der Waals surface area contributed by atoms with Crippen LogP contribution in [0.3, 0.4) is 0 Å². The number of amides is 1. The van der Waals surface area contributed by atoms with Crippen molar-refractivity contribution in [1.82, 2.24) is 24.1 Å². The van der Waals surface area contributed by atoms with Crippen LogP contribution in [0.1, 0.15) is 15.9 Å². The lowest BCUT2D eigenvalue weighted by Crippen LogP contribution is -2.12. The molecule has 7 nitrogen and oxygen atoms in total. The number of fused-ring (bicyclic) bond motifs is 1. The van der Waals surface area contributed by atoms with Gasteiger partial charge < -0.3 is 9.72 Å². The zero-order valence-corrected chi connectivity index (χ0v) is 16.0. The average Bonchev–Trinajstić information content (AvgIpc) is 3.44. The summed E-state index contributed by atoms with van der Waals surface area (Å²) in [5.41, 5.74) is 5.17. The van der Waals surface area contributed by atoms with Crippen LogP contribution in [0.15, 0.2) is 91.8 Å². The predicted molar refractivity (Wildman–Crippen MR) is 114 cm³/mol. The van der Waals surface area contributed by atoms with Crippen LogP contribution in [0.4, 0.5) is 5.69 Å². The molecule has 1 amide bonds. The molecular formula is C23H18N6O. The van der Waals surface area contributed by atoms with Crippen molar-refractivity contribution in [2.75, 3.05) is 5.32 Å². The van der Waals surface area contributed by atoms with Crippen molar-refractivity contribution in [3.05, 3.63) is 103 Å². The third-order valence-corrected chi connectivity index (χ3v) is 4.83. The number of nitrogens with zero attached hydrogens (tertiary/aromatic N) is 5. The Kier molecular flexibility index (Phi) is 4.53. The lowest BCUT2D eigenvalue weighted by Gasteiger charge is -2.07. The molecule has 2 aromatic carbocycles. The van der Waals surface area contributed by atoms with Crippen LogP contribution >= 0.6 is 0 Å². The summed E-state index contributed by atoms with van der Waals surface area (Å²) in [7, 11) is 0. The van der Waals surface area contributed by atoms with Gasteiger partial charge in [0.1, 0.15) is 18.3 Å². The zero-order chi connectivity index (χ0) is 20.3. The van der Waals surface area contributed by atoms with Gasteiger partial charge in [0, 0.05) is 29.2 Å². The largest absolute Gasteiger partial charge is 0.322 e. The van der Waals surface area contributed by atoms with Crippen LogP contribution in [0, 0.1) is 0 Å². The van der Waals surface area contributed by atoms with E-state index in [2.05, 4.69) is 20.4 Å². The average molecular weight is 394 g/mol. The van der Waals surface area contributed by atoms with E-state index >= 15 is 0 Å². The number of aromatic nitrogens is 5. The molecule has 0 spiro atoms. The summed E-state index contributed by atoms with van der Waals surface area (Å²) >= 11 is 0. The molecule has 1 N–H and O–H groups in total. The van der Waals surface area contributed by atoms with Crippen LogP contribution in [-0.2, 0) is 6.54 Å². The molecule has 0 radical (unpaired) electrons. The molecule has 0 bridgehead atoms. The Hall–Kier alpha value is -4.26. The third kappa shape index (κ3) is 3.68. The highest BCUT2D eigenvalue weighted by molar-refractivity contribution is 6.04. The van der Waals surface area contributed by atoms with Crippen molar-refractivity contribution in [2.45, 2.75) is 6.54 Å². The Labute approximate surface area is 172 Å². The van der Waals surface area contributed by atoms with Crippen molar-refractivity contribution in [1.29, 1.82) is 0 Å². The van der Waals surface area contributed by atoms with E-state index in [1.54, 1.807) is 11.0 Å². The molecule has 0 aliphatic heterocycles. The fraction of sp³-hybridized carbons (Fsp3) is 0.0435. The highest BCUT2D eigenvalue weighted by Gasteiger charge is 2.08. The van der Waals surface area contributed by atoms with E-state index in [-0.39, 0.29) is 5.91 Å². The molecule has 7 heteroatoms. The second-order valence-corrected chi connectivity index (χ2v) is 6.91. The minimum Gasteiger partial charge on any atom is -0.322 e. The standard InChI is InChI=1S/C23H18N6O/c30-23(19-6-4-17(5-7-19)13-29-16-24-15-25-29)26-20-10-8-18(9-11-20)21-14-28-12-2-1-3-22(28)27-21/h1-12,14-16H,13H2,(H,26,30). The van der Waals surface area contributed by atoms with E-state index in [1.165, 1.54) is 6.33 Å².